The lowest BCUT2D eigenvalue weighted by atomic mass is 10.2. The summed E-state index contributed by atoms with van der Waals surface area (Å²) in [7, 11) is -3.73. The van der Waals surface area contributed by atoms with E-state index >= 15 is 0 Å². The Morgan fingerprint density at radius 3 is 2.58 bits per heavy atom. The first-order chi connectivity index (χ1) is 8.90. The van der Waals surface area contributed by atoms with Crippen LogP contribution < -0.4 is 4.72 Å². The first-order valence-corrected chi connectivity index (χ1v) is 7.81. The van der Waals surface area contributed by atoms with E-state index in [1.54, 1.807) is 19.1 Å². The summed E-state index contributed by atoms with van der Waals surface area (Å²) >= 11 is 9.08. The van der Waals surface area contributed by atoms with Crippen molar-refractivity contribution in [1.82, 2.24) is 9.97 Å². The number of nitrogens with zero attached hydrogens (tertiary/aromatic N) is 2. The van der Waals surface area contributed by atoms with Crippen LogP contribution in [0.4, 0.5) is 5.82 Å². The van der Waals surface area contributed by atoms with Gasteiger partial charge in [0.25, 0.3) is 10.0 Å². The highest BCUT2D eigenvalue weighted by atomic mass is 79.9. The van der Waals surface area contributed by atoms with E-state index in [4.69, 9.17) is 11.6 Å². The zero-order valence-electron chi connectivity index (χ0n) is 9.76. The molecule has 19 heavy (non-hydrogen) atoms. The van der Waals surface area contributed by atoms with Gasteiger partial charge in [0.2, 0.25) is 0 Å². The number of sulfonamides is 1. The molecule has 2 aromatic rings. The molecule has 5 nitrogen and oxygen atoms in total. The summed E-state index contributed by atoms with van der Waals surface area (Å²) in [5.41, 5.74) is 0.813. The molecule has 0 saturated carbocycles. The van der Waals surface area contributed by atoms with Gasteiger partial charge in [0.05, 0.1) is 4.90 Å². The minimum atomic E-state index is -3.73. The van der Waals surface area contributed by atoms with Gasteiger partial charge in [0, 0.05) is 16.9 Å². The Bertz CT molecular complexity index is 722. The van der Waals surface area contributed by atoms with Crippen molar-refractivity contribution in [1.29, 1.82) is 0 Å². The Kier molecular flexibility index (Phi) is 4.07. The van der Waals surface area contributed by atoms with Crippen molar-refractivity contribution in [3.63, 3.8) is 0 Å². The quantitative estimate of drug-likeness (QED) is 0.911. The summed E-state index contributed by atoms with van der Waals surface area (Å²) in [6.07, 6.45) is 2.74. The standard InChI is InChI=1S/C11H9BrClN3O2S/c1-7-6-8(2-3-9(7)12)19(17,18)16-11-10(13)14-4-5-15-11/h2-6H,1H3,(H,15,16). The molecule has 0 aliphatic carbocycles. The molecule has 0 unspecified atom stereocenters. The number of hydrogen-bond acceptors (Lipinski definition) is 4. The van der Waals surface area contributed by atoms with Gasteiger partial charge in [-0.25, -0.2) is 18.4 Å². The van der Waals surface area contributed by atoms with Crippen molar-refractivity contribution >= 4 is 43.4 Å². The van der Waals surface area contributed by atoms with Crippen molar-refractivity contribution < 1.29 is 8.42 Å². The normalized spacial score (nSPS) is 11.3. The summed E-state index contributed by atoms with van der Waals surface area (Å²) in [5.74, 6) is 0.00439. The molecule has 8 heteroatoms. The molecule has 1 aromatic heterocycles. The third kappa shape index (κ3) is 3.23. The molecule has 100 valence electrons. The fourth-order valence-corrected chi connectivity index (χ4v) is 2.92. The molecule has 0 radical (unpaired) electrons. The van der Waals surface area contributed by atoms with E-state index < -0.39 is 10.0 Å². The molecule has 2 rings (SSSR count). The molecule has 1 N–H and O–H groups in total. The van der Waals surface area contributed by atoms with Crippen LogP contribution in [0, 0.1) is 6.92 Å². The maximum absolute atomic E-state index is 12.2. The zero-order chi connectivity index (χ0) is 14.0. The number of rotatable bonds is 3. The number of aromatic nitrogens is 2. The van der Waals surface area contributed by atoms with E-state index in [9.17, 15) is 8.42 Å². The van der Waals surface area contributed by atoms with Gasteiger partial charge in [-0.3, -0.25) is 4.72 Å². The van der Waals surface area contributed by atoms with Gasteiger partial charge in [-0.2, -0.15) is 0 Å². The largest absolute Gasteiger partial charge is 0.263 e. The molecule has 0 aliphatic rings. The van der Waals surface area contributed by atoms with Gasteiger partial charge in [-0.15, -0.1) is 0 Å². The highest BCUT2D eigenvalue weighted by Crippen LogP contribution is 2.23. The summed E-state index contributed by atoms with van der Waals surface area (Å²) in [5, 5.41) is -0.0000846. The van der Waals surface area contributed by atoms with Gasteiger partial charge < -0.3 is 0 Å². The molecule has 0 saturated heterocycles. The smallest absolute Gasteiger partial charge is 0.261 e. The van der Waals surface area contributed by atoms with Gasteiger partial charge in [-0.1, -0.05) is 27.5 Å². The maximum Gasteiger partial charge on any atom is 0.263 e. The van der Waals surface area contributed by atoms with Gasteiger partial charge >= 0.3 is 0 Å². The molecular weight excluding hydrogens is 354 g/mol. The van der Waals surface area contributed by atoms with Gasteiger partial charge in [-0.05, 0) is 30.7 Å². The highest BCUT2D eigenvalue weighted by Gasteiger charge is 2.17. The summed E-state index contributed by atoms with van der Waals surface area (Å²) in [4.78, 5) is 7.73. The summed E-state index contributed by atoms with van der Waals surface area (Å²) < 4.78 is 27.5. The van der Waals surface area contributed by atoms with Crippen LogP contribution in [0.5, 0.6) is 0 Å². The monoisotopic (exact) mass is 361 g/mol. The van der Waals surface area contributed by atoms with E-state index in [1.165, 1.54) is 18.5 Å². The predicted molar refractivity (Wildman–Crippen MR) is 76.7 cm³/mol. The maximum atomic E-state index is 12.2. The second kappa shape index (κ2) is 5.44. The van der Waals surface area contributed by atoms with Gasteiger partial charge in [0.1, 0.15) is 0 Å². The average Bonchev–Trinajstić information content (AvgIpc) is 2.35. The molecule has 1 aromatic carbocycles. The van der Waals surface area contributed by atoms with Crippen LogP contribution >= 0.6 is 27.5 Å². The van der Waals surface area contributed by atoms with E-state index in [0.29, 0.717) is 0 Å². The Morgan fingerprint density at radius 1 is 1.26 bits per heavy atom. The van der Waals surface area contributed by atoms with Crippen molar-refractivity contribution in [2.24, 2.45) is 0 Å². The first kappa shape index (κ1) is 14.2. The Hall–Kier alpha value is -1.18. The molecule has 1 heterocycles. The van der Waals surface area contributed by atoms with E-state index in [-0.39, 0.29) is 15.9 Å². The number of anilines is 1. The van der Waals surface area contributed by atoms with Crippen molar-refractivity contribution in [3.05, 3.63) is 45.8 Å². The van der Waals surface area contributed by atoms with Gasteiger partial charge in [0.15, 0.2) is 11.0 Å². The topological polar surface area (TPSA) is 72.0 Å². The number of hydrogen-bond donors (Lipinski definition) is 1. The van der Waals surface area contributed by atoms with Crippen LogP contribution in [0.3, 0.4) is 0 Å². The Morgan fingerprint density at radius 2 is 1.95 bits per heavy atom. The predicted octanol–water partition coefficient (Wildman–Crippen LogP) is 3.00. The summed E-state index contributed by atoms with van der Waals surface area (Å²) in [6, 6.07) is 4.71. The number of benzene rings is 1. The molecular formula is C11H9BrClN3O2S. The minimum absolute atomic E-state index is 0.0000846. The molecule has 0 bridgehead atoms. The lowest BCUT2D eigenvalue weighted by Gasteiger charge is -2.09. The van der Waals surface area contributed by atoms with Crippen LogP contribution in [0.2, 0.25) is 5.15 Å². The molecule has 0 amide bonds. The van der Waals surface area contributed by atoms with Crippen molar-refractivity contribution in [2.45, 2.75) is 11.8 Å². The van der Waals surface area contributed by atoms with E-state index in [2.05, 4.69) is 30.6 Å². The SMILES string of the molecule is Cc1cc(S(=O)(=O)Nc2nccnc2Cl)ccc1Br. The van der Waals surface area contributed by atoms with Crippen LogP contribution in [0.15, 0.2) is 40.0 Å². The van der Waals surface area contributed by atoms with Crippen molar-refractivity contribution in [3.8, 4) is 0 Å². The molecule has 0 aliphatic heterocycles. The van der Waals surface area contributed by atoms with Crippen LogP contribution in [0.25, 0.3) is 0 Å². The summed E-state index contributed by atoms with van der Waals surface area (Å²) in [6.45, 7) is 1.80. The number of nitrogens with one attached hydrogen (secondary N) is 1. The number of halogens is 2. The zero-order valence-corrected chi connectivity index (χ0v) is 12.9. The lowest BCUT2D eigenvalue weighted by molar-refractivity contribution is 0.601. The average molecular weight is 363 g/mol. The van der Waals surface area contributed by atoms with E-state index in [1.807, 2.05) is 0 Å². The molecule has 0 atom stereocenters. The lowest BCUT2D eigenvalue weighted by Crippen LogP contribution is -2.14. The van der Waals surface area contributed by atoms with Crippen LogP contribution in [-0.4, -0.2) is 18.4 Å². The number of aryl methyl sites for hydroxylation is 1. The Labute approximate surface area is 124 Å². The first-order valence-electron chi connectivity index (χ1n) is 5.15. The Balaban J connectivity index is 2.38. The third-order valence-electron chi connectivity index (χ3n) is 2.32. The van der Waals surface area contributed by atoms with E-state index in [0.717, 1.165) is 10.0 Å². The van der Waals surface area contributed by atoms with Crippen LogP contribution in [0.1, 0.15) is 5.56 Å². The second-order valence-corrected chi connectivity index (χ2v) is 6.61. The highest BCUT2D eigenvalue weighted by molar-refractivity contribution is 9.10. The molecule has 0 spiro atoms. The third-order valence-corrected chi connectivity index (χ3v) is 4.83. The molecule has 0 fully saturated rings. The second-order valence-electron chi connectivity index (χ2n) is 3.71. The minimum Gasteiger partial charge on any atom is -0.261 e. The fourth-order valence-electron chi connectivity index (χ4n) is 1.36. The van der Waals surface area contributed by atoms with Crippen LogP contribution in [-0.2, 0) is 10.0 Å². The fraction of sp³-hybridized carbons (Fsp3) is 0.0909. The van der Waals surface area contributed by atoms with Crippen molar-refractivity contribution in [2.75, 3.05) is 4.72 Å².